The van der Waals surface area contributed by atoms with Crippen molar-refractivity contribution in [3.63, 3.8) is 0 Å². The van der Waals surface area contributed by atoms with E-state index in [2.05, 4.69) is 20.7 Å². The number of rotatable bonds is 2. The Morgan fingerprint density at radius 2 is 2.19 bits per heavy atom. The first-order valence-electron chi connectivity index (χ1n) is 4.15. The Morgan fingerprint density at radius 1 is 1.62 bits per heavy atom. The summed E-state index contributed by atoms with van der Waals surface area (Å²) in [6.07, 6.45) is 0. The van der Waals surface area contributed by atoms with E-state index in [0.29, 0.717) is 4.47 Å². The Morgan fingerprint density at radius 3 is 2.62 bits per heavy atom. The summed E-state index contributed by atoms with van der Waals surface area (Å²) in [5.74, 6) is -1.51. The number of nitro groups is 1. The monoisotopic (exact) mass is 289 g/mol. The summed E-state index contributed by atoms with van der Waals surface area (Å²) in [5.41, 5.74) is -0.503. The van der Waals surface area contributed by atoms with Gasteiger partial charge in [0.05, 0.1) is 12.0 Å². The molecule has 6 nitrogen and oxygen atoms in total. The van der Waals surface area contributed by atoms with Gasteiger partial charge in [-0.3, -0.25) is 10.1 Å². The van der Waals surface area contributed by atoms with Crippen LogP contribution in [0.15, 0.2) is 10.5 Å². The van der Waals surface area contributed by atoms with E-state index in [4.69, 9.17) is 0 Å². The number of nitrogens with zero attached hydrogens (tertiary/aromatic N) is 1. The second kappa shape index (κ2) is 4.48. The molecule has 16 heavy (non-hydrogen) atoms. The number of esters is 1. The molecule has 1 rings (SSSR count). The number of carbonyl (C=O) groups excluding carboxylic acids is 1. The van der Waals surface area contributed by atoms with Crippen LogP contribution >= 0.6 is 15.9 Å². The van der Waals surface area contributed by atoms with E-state index in [9.17, 15) is 20.0 Å². The number of halogens is 1. The zero-order valence-electron chi connectivity index (χ0n) is 8.48. The summed E-state index contributed by atoms with van der Waals surface area (Å²) in [6, 6.07) is 1.28. The van der Waals surface area contributed by atoms with E-state index in [1.807, 2.05) is 0 Å². The van der Waals surface area contributed by atoms with Gasteiger partial charge in [0.15, 0.2) is 0 Å². The van der Waals surface area contributed by atoms with E-state index in [1.54, 1.807) is 0 Å². The fourth-order valence-corrected chi connectivity index (χ4v) is 1.63. The second-order valence-corrected chi connectivity index (χ2v) is 3.83. The minimum Gasteiger partial charge on any atom is -0.501 e. The molecule has 0 aromatic heterocycles. The van der Waals surface area contributed by atoms with Gasteiger partial charge in [-0.1, -0.05) is 15.9 Å². The van der Waals surface area contributed by atoms with Gasteiger partial charge in [-0.2, -0.15) is 0 Å². The molecule has 86 valence electrons. The SMILES string of the molecule is COC(=O)c1cc(Br)c(C)c([N+](=O)[O-])c1O. The number of benzene rings is 1. The summed E-state index contributed by atoms with van der Waals surface area (Å²) in [7, 11) is 1.13. The van der Waals surface area contributed by atoms with Gasteiger partial charge in [-0.25, -0.2) is 4.79 Å². The molecular weight excluding hydrogens is 282 g/mol. The molecule has 0 unspecified atom stereocenters. The number of phenols is 1. The zero-order chi connectivity index (χ0) is 12.5. The average Bonchev–Trinajstić information content (AvgIpc) is 2.22. The predicted octanol–water partition coefficient (Wildman–Crippen LogP) is 2.16. The fourth-order valence-electron chi connectivity index (χ4n) is 1.21. The third-order valence-corrected chi connectivity index (χ3v) is 2.88. The molecule has 1 aromatic carbocycles. The highest BCUT2D eigenvalue weighted by molar-refractivity contribution is 9.10. The second-order valence-electron chi connectivity index (χ2n) is 2.98. The van der Waals surface area contributed by atoms with Gasteiger partial charge >= 0.3 is 11.7 Å². The molecular formula is C9H8BrNO5. The standard InChI is InChI=1S/C9H8BrNO5/c1-4-6(10)3-5(9(13)16-2)8(12)7(4)11(14)15/h3,12H,1-2H3. The topological polar surface area (TPSA) is 89.7 Å². The van der Waals surface area contributed by atoms with Crippen molar-refractivity contribution < 1.29 is 19.6 Å². The molecule has 0 aliphatic carbocycles. The van der Waals surface area contributed by atoms with Crippen molar-refractivity contribution in [2.45, 2.75) is 6.92 Å². The van der Waals surface area contributed by atoms with Crippen molar-refractivity contribution in [1.29, 1.82) is 0 Å². The number of hydrogen-bond donors (Lipinski definition) is 1. The Bertz CT molecular complexity index is 471. The van der Waals surface area contributed by atoms with Crippen LogP contribution in [0.1, 0.15) is 15.9 Å². The molecule has 0 amide bonds. The van der Waals surface area contributed by atoms with Gasteiger partial charge in [-0.15, -0.1) is 0 Å². The van der Waals surface area contributed by atoms with Crippen LogP contribution in [0.25, 0.3) is 0 Å². The highest BCUT2D eigenvalue weighted by Gasteiger charge is 2.26. The van der Waals surface area contributed by atoms with Crippen LogP contribution in [-0.2, 0) is 4.74 Å². The zero-order valence-corrected chi connectivity index (χ0v) is 10.1. The van der Waals surface area contributed by atoms with Crippen LogP contribution < -0.4 is 0 Å². The smallest absolute Gasteiger partial charge is 0.341 e. The summed E-state index contributed by atoms with van der Waals surface area (Å²) >= 11 is 3.07. The molecule has 0 radical (unpaired) electrons. The molecule has 1 aromatic rings. The van der Waals surface area contributed by atoms with Crippen molar-refractivity contribution in [3.8, 4) is 5.75 Å². The number of phenolic OH excluding ortho intramolecular Hbond substituents is 1. The number of hydrogen-bond acceptors (Lipinski definition) is 5. The largest absolute Gasteiger partial charge is 0.501 e. The maximum absolute atomic E-state index is 11.2. The molecule has 0 heterocycles. The lowest BCUT2D eigenvalue weighted by molar-refractivity contribution is -0.386. The third kappa shape index (κ3) is 1.99. The number of aromatic hydroxyl groups is 1. The van der Waals surface area contributed by atoms with Crippen LogP contribution in [0.3, 0.4) is 0 Å². The number of carbonyl (C=O) groups is 1. The highest BCUT2D eigenvalue weighted by atomic mass is 79.9. The third-order valence-electron chi connectivity index (χ3n) is 2.05. The molecule has 0 saturated heterocycles. The van der Waals surface area contributed by atoms with Crippen molar-refractivity contribution in [3.05, 3.63) is 31.8 Å². The fraction of sp³-hybridized carbons (Fsp3) is 0.222. The first-order valence-corrected chi connectivity index (χ1v) is 4.94. The molecule has 0 fully saturated rings. The molecule has 0 saturated carbocycles. The first-order chi connectivity index (χ1) is 7.40. The molecule has 0 spiro atoms. The normalized spacial score (nSPS) is 9.94. The number of nitro benzene ring substituents is 1. The van der Waals surface area contributed by atoms with Gasteiger partial charge < -0.3 is 9.84 Å². The quantitative estimate of drug-likeness (QED) is 0.512. The first kappa shape index (κ1) is 12.4. The molecule has 1 N–H and O–H groups in total. The van der Waals surface area contributed by atoms with Gasteiger partial charge in [-0.05, 0) is 13.0 Å². The number of ether oxygens (including phenoxy) is 1. The van der Waals surface area contributed by atoms with Gasteiger partial charge in [0, 0.05) is 10.0 Å². The van der Waals surface area contributed by atoms with Crippen molar-refractivity contribution >= 4 is 27.6 Å². The van der Waals surface area contributed by atoms with E-state index in [1.165, 1.54) is 13.0 Å². The summed E-state index contributed by atoms with van der Waals surface area (Å²) in [5, 5.41) is 20.3. The maximum atomic E-state index is 11.2. The molecule has 0 aliphatic heterocycles. The predicted molar refractivity (Wildman–Crippen MR) is 58.5 cm³/mol. The van der Waals surface area contributed by atoms with Crippen molar-refractivity contribution in [2.24, 2.45) is 0 Å². The van der Waals surface area contributed by atoms with Crippen molar-refractivity contribution in [1.82, 2.24) is 0 Å². The Labute approximate surface area is 99.1 Å². The van der Waals surface area contributed by atoms with E-state index in [0.717, 1.165) is 7.11 Å². The van der Waals surface area contributed by atoms with Crippen LogP contribution in [0.5, 0.6) is 5.75 Å². The van der Waals surface area contributed by atoms with Gasteiger partial charge in [0.25, 0.3) is 0 Å². The lowest BCUT2D eigenvalue weighted by atomic mass is 10.1. The van der Waals surface area contributed by atoms with Gasteiger partial charge in [0.1, 0.15) is 5.56 Å². The van der Waals surface area contributed by atoms with Crippen LogP contribution in [0, 0.1) is 17.0 Å². The Kier molecular flexibility index (Phi) is 3.48. The lowest BCUT2D eigenvalue weighted by Crippen LogP contribution is -2.04. The maximum Gasteiger partial charge on any atom is 0.341 e. The van der Waals surface area contributed by atoms with Crippen LogP contribution in [0.4, 0.5) is 5.69 Å². The lowest BCUT2D eigenvalue weighted by Gasteiger charge is -2.07. The Balaban J connectivity index is 3.56. The summed E-state index contributed by atoms with van der Waals surface area (Å²) in [4.78, 5) is 21.2. The van der Waals surface area contributed by atoms with E-state index >= 15 is 0 Å². The molecule has 7 heteroatoms. The Hall–Kier alpha value is -1.63. The average molecular weight is 290 g/mol. The molecule has 0 aliphatic rings. The minimum absolute atomic E-state index is 0.244. The van der Waals surface area contributed by atoms with E-state index in [-0.39, 0.29) is 11.1 Å². The molecule has 0 bridgehead atoms. The van der Waals surface area contributed by atoms with Crippen molar-refractivity contribution in [2.75, 3.05) is 7.11 Å². The minimum atomic E-state index is -0.832. The molecule has 0 atom stereocenters. The van der Waals surface area contributed by atoms with Crippen LogP contribution in [-0.4, -0.2) is 23.1 Å². The van der Waals surface area contributed by atoms with Gasteiger partial charge in [0.2, 0.25) is 5.75 Å². The highest BCUT2D eigenvalue weighted by Crippen LogP contribution is 2.37. The summed E-state index contributed by atoms with van der Waals surface area (Å²) in [6.45, 7) is 1.46. The van der Waals surface area contributed by atoms with Crippen LogP contribution in [0.2, 0.25) is 0 Å². The summed E-state index contributed by atoms with van der Waals surface area (Å²) < 4.78 is 4.76. The van der Waals surface area contributed by atoms with E-state index < -0.39 is 22.3 Å². The number of methoxy groups -OCH3 is 1.